The van der Waals surface area contributed by atoms with Crippen molar-refractivity contribution in [2.45, 2.75) is 59.3 Å². The van der Waals surface area contributed by atoms with Crippen molar-refractivity contribution in [1.82, 2.24) is 0 Å². The predicted octanol–water partition coefficient (Wildman–Crippen LogP) is 4.20. The van der Waals surface area contributed by atoms with Gasteiger partial charge in [-0.05, 0) is 19.8 Å². The zero-order valence-corrected chi connectivity index (χ0v) is 13.8. The highest BCUT2D eigenvalue weighted by molar-refractivity contribution is 5.86. The Kier molecular flexibility index (Phi) is 17.0. The molecule has 0 N–H and O–H groups in total. The third-order valence-electron chi connectivity index (χ3n) is 2.49. The molecule has 0 atom stereocenters. The number of carbonyl (C=O) groups is 2. The molecule has 0 aliphatic carbocycles. The minimum Gasteiger partial charge on any atom is -0.463 e. The van der Waals surface area contributed by atoms with Crippen LogP contribution in [0.1, 0.15) is 59.3 Å². The third kappa shape index (κ3) is 18.4. The quantitative estimate of drug-likeness (QED) is 0.344. The number of rotatable bonds is 10. The van der Waals surface area contributed by atoms with Crippen LogP contribution < -0.4 is 0 Å². The molecule has 122 valence electrons. The Balaban J connectivity index is 0. The first-order chi connectivity index (χ1) is 9.99. The lowest BCUT2D eigenvalue weighted by atomic mass is 10.2. The summed E-state index contributed by atoms with van der Waals surface area (Å²) in [4.78, 5) is 21.2. The van der Waals surface area contributed by atoms with E-state index in [-0.39, 0.29) is 11.9 Å². The van der Waals surface area contributed by atoms with E-state index in [4.69, 9.17) is 4.74 Å². The fourth-order valence-corrected chi connectivity index (χ4v) is 1.19. The van der Waals surface area contributed by atoms with E-state index in [1.807, 2.05) is 6.92 Å². The Bertz CT molecular complexity index is 308. The van der Waals surface area contributed by atoms with Crippen LogP contribution in [-0.2, 0) is 19.1 Å². The van der Waals surface area contributed by atoms with Crippen molar-refractivity contribution in [3.63, 3.8) is 0 Å². The molecular formula is C17H30O4. The van der Waals surface area contributed by atoms with E-state index in [0.29, 0.717) is 18.8 Å². The largest absolute Gasteiger partial charge is 0.463 e. The lowest BCUT2D eigenvalue weighted by Gasteiger charge is -2.02. The lowest BCUT2D eigenvalue weighted by molar-refractivity contribution is -0.139. The van der Waals surface area contributed by atoms with E-state index in [1.54, 1.807) is 6.92 Å². The average molecular weight is 298 g/mol. The molecule has 0 aromatic rings. The number of hydrogen-bond donors (Lipinski definition) is 0. The highest BCUT2D eigenvalue weighted by Gasteiger charge is 2.01. The second-order valence-corrected chi connectivity index (χ2v) is 4.70. The van der Waals surface area contributed by atoms with Crippen LogP contribution in [0.3, 0.4) is 0 Å². The van der Waals surface area contributed by atoms with Gasteiger partial charge >= 0.3 is 11.9 Å². The molecule has 0 aromatic heterocycles. The summed E-state index contributed by atoms with van der Waals surface area (Å²) in [5.41, 5.74) is 0.477. The number of hydrogen-bond acceptors (Lipinski definition) is 4. The number of unbranched alkanes of at least 4 members (excludes halogenated alkanes) is 4. The summed E-state index contributed by atoms with van der Waals surface area (Å²) >= 11 is 0. The van der Waals surface area contributed by atoms with Gasteiger partial charge in [-0.25, -0.2) is 9.59 Å². The SMILES string of the molecule is C=C(C)C(=O)OCCCCCC.C=CC(=O)OCCCC. The van der Waals surface area contributed by atoms with Gasteiger partial charge in [0.2, 0.25) is 0 Å². The van der Waals surface area contributed by atoms with Crippen LogP contribution in [0, 0.1) is 0 Å². The Morgan fingerprint density at radius 1 is 0.952 bits per heavy atom. The van der Waals surface area contributed by atoms with Gasteiger partial charge in [0.05, 0.1) is 13.2 Å². The minimum atomic E-state index is -0.330. The molecule has 0 aliphatic heterocycles. The van der Waals surface area contributed by atoms with E-state index >= 15 is 0 Å². The molecule has 0 amide bonds. The van der Waals surface area contributed by atoms with Gasteiger partial charge < -0.3 is 9.47 Å². The van der Waals surface area contributed by atoms with E-state index in [1.165, 1.54) is 18.9 Å². The van der Waals surface area contributed by atoms with Crippen molar-refractivity contribution in [1.29, 1.82) is 0 Å². The minimum absolute atomic E-state index is 0.272. The van der Waals surface area contributed by atoms with Crippen molar-refractivity contribution in [2.75, 3.05) is 13.2 Å². The summed E-state index contributed by atoms with van der Waals surface area (Å²) in [6.45, 7) is 13.7. The van der Waals surface area contributed by atoms with Gasteiger partial charge in [0.15, 0.2) is 0 Å². The summed E-state index contributed by atoms with van der Waals surface area (Å²) in [6, 6.07) is 0. The molecule has 0 rings (SSSR count). The molecule has 0 aliphatic rings. The predicted molar refractivity (Wildman–Crippen MR) is 86.0 cm³/mol. The first-order valence-corrected chi connectivity index (χ1v) is 7.61. The molecule has 0 saturated heterocycles. The highest BCUT2D eigenvalue weighted by atomic mass is 16.5. The first kappa shape index (κ1) is 21.7. The molecule has 0 bridgehead atoms. The molecule has 21 heavy (non-hydrogen) atoms. The van der Waals surface area contributed by atoms with Gasteiger partial charge in [-0.1, -0.05) is 52.7 Å². The fourth-order valence-electron chi connectivity index (χ4n) is 1.19. The third-order valence-corrected chi connectivity index (χ3v) is 2.49. The van der Waals surface area contributed by atoms with E-state index in [2.05, 4.69) is 24.8 Å². The molecule has 0 radical (unpaired) electrons. The van der Waals surface area contributed by atoms with Gasteiger partial charge in [0.1, 0.15) is 0 Å². The molecule has 0 spiro atoms. The smallest absolute Gasteiger partial charge is 0.333 e. The molecule has 0 aromatic carbocycles. The van der Waals surface area contributed by atoms with Crippen LogP contribution >= 0.6 is 0 Å². The lowest BCUT2D eigenvalue weighted by Crippen LogP contribution is -2.05. The second-order valence-electron chi connectivity index (χ2n) is 4.70. The van der Waals surface area contributed by atoms with Gasteiger partial charge in [-0.3, -0.25) is 0 Å². The molecule has 4 nitrogen and oxygen atoms in total. The van der Waals surface area contributed by atoms with E-state index in [9.17, 15) is 9.59 Å². The van der Waals surface area contributed by atoms with Crippen LogP contribution in [0.5, 0.6) is 0 Å². The Hall–Kier alpha value is -1.58. The summed E-state index contributed by atoms with van der Waals surface area (Å²) in [7, 11) is 0. The summed E-state index contributed by atoms with van der Waals surface area (Å²) in [5.74, 6) is -0.602. The Morgan fingerprint density at radius 3 is 2.00 bits per heavy atom. The average Bonchev–Trinajstić information content (AvgIpc) is 2.47. The Morgan fingerprint density at radius 2 is 1.52 bits per heavy atom. The maximum atomic E-state index is 10.9. The van der Waals surface area contributed by atoms with Gasteiger partial charge in [0, 0.05) is 11.6 Å². The fraction of sp³-hybridized carbons (Fsp3) is 0.647. The van der Waals surface area contributed by atoms with Gasteiger partial charge in [-0.15, -0.1) is 0 Å². The monoisotopic (exact) mass is 298 g/mol. The number of esters is 2. The van der Waals surface area contributed by atoms with E-state index < -0.39 is 0 Å². The van der Waals surface area contributed by atoms with E-state index in [0.717, 1.165) is 25.7 Å². The molecule has 0 saturated carbocycles. The molecular weight excluding hydrogens is 268 g/mol. The standard InChI is InChI=1S/C10H18O2.C7H12O2/c1-4-5-6-7-8-12-10(11)9(2)3;1-3-5-6-9-7(8)4-2/h2,4-8H2,1,3H3;4H,2-3,5-6H2,1H3. The maximum Gasteiger partial charge on any atom is 0.333 e. The topological polar surface area (TPSA) is 52.6 Å². The van der Waals surface area contributed by atoms with Crippen molar-refractivity contribution in [2.24, 2.45) is 0 Å². The zero-order chi connectivity index (χ0) is 16.5. The highest BCUT2D eigenvalue weighted by Crippen LogP contribution is 2.00. The van der Waals surface area contributed by atoms with Crippen LogP contribution in [0.25, 0.3) is 0 Å². The van der Waals surface area contributed by atoms with Gasteiger partial charge in [-0.2, -0.15) is 0 Å². The van der Waals surface area contributed by atoms with Crippen molar-refractivity contribution >= 4 is 11.9 Å². The molecule has 4 heteroatoms. The van der Waals surface area contributed by atoms with Crippen LogP contribution in [-0.4, -0.2) is 25.2 Å². The molecule has 0 heterocycles. The van der Waals surface area contributed by atoms with Crippen LogP contribution in [0.2, 0.25) is 0 Å². The maximum absolute atomic E-state index is 10.9. The number of carbonyl (C=O) groups excluding carboxylic acids is 2. The normalized spacial score (nSPS) is 9.10. The first-order valence-electron chi connectivity index (χ1n) is 7.61. The summed E-state index contributed by atoms with van der Waals surface area (Å²) < 4.78 is 9.59. The van der Waals surface area contributed by atoms with Crippen molar-refractivity contribution in [3.05, 3.63) is 24.8 Å². The van der Waals surface area contributed by atoms with Crippen molar-refractivity contribution in [3.8, 4) is 0 Å². The van der Waals surface area contributed by atoms with Gasteiger partial charge in [0.25, 0.3) is 0 Å². The Labute approximate surface area is 129 Å². The van der Waals surface area contributed by atoms with Crippen LogP contribution in [0.4, 0.5) is 0 Å². The van der Waals surface area contributed by atoms with Crippen LogP contribution in [0.15, 0.2) is 24.8 Å². The molecule has 0 unspecified atom stereocenters. The van der Waals surface area contributed by atoms with Crippen molar-refractivity contribution < 1.29 is 19.1 Å². The number of ether oxygens (including phenoxy) is 2. The summed E-state index contributed by atoms with van der Waals surface area (Å²) in [6.07, 6.45) is 7.67. The second kappa shape index (κ2) is 16.5. The zero-order valence-electron chi connectivity index (χ0n) is 13.8. The summed E-state index contributed by atoms with van der Waals surface area (Å²) in [5, 5.41) is 0. The molecule has 0 fully saturated rings.